The number of rotatable bonds is 5. The molecule has 0 heterocycles. The van der Waals surface area contributed by atoms with Crippen molar-refractivity contribution < 1.29 is 38.8 Å². The van der Waals surface area contributed by atoms with Gasteiger partial charge in [0.15, 0.2) is 23.0 Å². The van der Waals surface area contributed by atoms with Crippen molar-refractivity contribution in [1.82, 2.24) is 0 Å². The summed E-state index contributed by atoms with van der Waals surface area (Å²) in [6.07, 6.45) is 0.301. The zero-order valence-electron chi connectivity index (χ0n) is 18.9. The minimum absolute atomic E-state index is 0.0313. The van der Waals surface area contributed by atoms with Gasteiger partial charge in [0.1, 0.15) is 18.9 Å². The number of hydrogen-bond acceptors (Lipinski definition) is 7. The number of Topliss-reactive ketones (excluding diaryl/α,β-unsaturated/α-hetero) is 2. The number of ketones is 3. The topological polar surface area (TPSA) is 121 Å². The van der Waals surface area contributed by atoms with E-state index < -0.39 is 58.5 Å². The van der Waals surface area contributed by atoms with E-state index in [-0.39, 0.29) is 37.4 Å². The highest BCUT2D eigenvalue weighted by Crippen LogP contribution is 2.70. The van der Waals surface area contributed by atoms with E-state index in [0.29, 0.717) is 19.3 Å². The molecule has 7 nitrogen and oxygen atoms in total. The van der Waals surface area contributed by atoms with Gasteiger partial charge in [0.25, 0.3) is 0 Å². The van der Waals surface area contributed by atoms with Crippen LogP contribution in [0.1, 0.15) is 59.3 Å². The number of ether oxygens (including phenoxy) is 1. The van der Waals surface area contributed by atoms with Gasteiger partial charge in [0, 0.05) is 23.2 Å². The molecule has 178 valence electrons. The summed E-state index contributed by atoms with van der Waals surface area (Å²) in [6.45, 7) is 3.52. The molecule has 4 aliphatic carbocycles. The number of allylic oxidation sites excluding steroid dienone is 1. The largest absolute Gasteiger partial charge is 0.390 e. The molecule has 3 N–H and O–H groups in total. The zero-order valence-corrected chi connectivity index (χ0v) is 18.9. The Morgan fingerprint density at radius 2 is 1.94 bits per heavy atom. The van der Waals surface area contributed by atoms with Crippen LogP contribution in [0.25, 0.3) is 0 Å². The normalized spacial score (nSPS) is 47.8. The Morgan fingerprint density at radius 3 is 2.56 bits per heavy atom. The first-order valence-corrected chi connectivity index (χ1v) is 11.4. The minimum Gasteiger partial charge on any atom is -0.390 e. The van der Waals surface area contributed by atoms with Crippen LogP contribution in [0.5, 0.6) is 0 Å². The van der Waals surface area contributed by atoms with Crippen molar-refractivity contribution in [2.45, 2.75) is 82.8 Å². The van der Waals surface area contributed by atoms with Crippen molar-refractivity contribution in [3.05, 3.63) is 11.6 Å². The van der Waals surface area contributed by atoms with E-state index in [1.165, 1.54) is 13.0 Å². The van der Waals surface area contributed by atoms with Crippen LogP contribution in [0.3, 0.4) is 0 Å². The quantitative estimate of drug-likeness (QED) is 0.577. The van der Waals surface area contributed by atoms with Crippen molar-refractivity contribution in [2.24, 2.45) is 22.7 Å². The van der Waals surface area contributed by atoms with E-state index in [9.17, 15) is 29.7 Å². The molecule has 4 rings (SSSR count). The second kappa shape index (κ2) is 7.52. The van der Waals surface area contributed by atoms with Gasteiger partial charge in [-0.2, -0.15) is 0 Å². The predicted octanol–water partition coefficient (Wildman–Crippen LogP) is 1.46. The molecule has 32 heavy (non-hydrogen) atoms. The zero-order chi connectivity index (χ0) is 23.7. The summed E-state index contributed by atoms with van der Waals surface area (Å²) < 4.78 is 22.8. The monoisotopic (exact) mass is 452 g/mol. The average molecular weight is 453 g/mol. The minimum atomic E-state index is -2.15. The van der Waals surface area contributed by atoms with Crippen molar-refractivity contribution in [3.63, 3.8) is 0 Å². The number of aliphatic hydroxyl groups is 3. The van der Waals surface area contributed by atoms with Gasteiger partial charge < -0.3 is 20.1 Å². The van der Waals surface area contributed by atoms with E-state index in [1.54, 1.807) is 13.8 Å². The third-order valence-corrected chi connectivity index (χ3v) is 9.29. The number of alkyl halides is 1. The predicted molar refractivity (Wildman–Crippen MR) is 111 cm³/mol. The Kier molecular flexibility index (Phi) is 5.56. The number of aliphatic hydroxyl groups excluding tert-OH is 2. The van der Waals surface area contributed by atoms with Gasteiger partial charge in [-0.05, 0) is 51.0 Å². The number of fused-ring (bicyclic) bond motifs is 5. The highest BCUT2D eigenvalue weighted by atomic mass is 19.1. The molecule has 0 saturated heterocycles. The molecular weight excluding hydrogens is 419 g/mol. The first-order valence-electron chi connectivity index (χ1n) is 11.4. The molecule has 0 radical (unpaired) electrons. The lowest BCUT2D eigenvalue weighted by molar-refractivity contribution is -0.231. The Bertz CT molecular complexity index is 886. The first-order chi connectivity index (χ1) is 14.9. The highest BCUT2D eigenvalue weighted by molar-refractivity contribution is 5.92. The van der Waals surface area contributed by atoms with Crippen LogP contribution in [0.4, 0.5) is 4.39 Å². The number of halogens is 1. The van der Waals surface area contributed by atoms with E-state index in [0.717, 1.165) is 5.57 Å². The van der Waals surface area contributed by atoms with Gasteiger partial charge in [0.05, 0.1) is 12.2 Å². The first kappa shape index (κ1) is 23.7. The molecule has 2 unspecified atom stereocenters. The standard InChI is InChI=1S/C24H33FO7/c1-13(27)12-32-20-9-17-16-5-4-14-8-15(28)6-7-21(14,2)23(16,25)18(29)10-22(17,3)24(20,31)19(30)11-26/h8,16-18,20,26,29,31H,4-7,9-12H2,1-3H3/t16-,17-,18?,20?,21-,22-,23-,24+/m0/s1. The number of hydrogen-bond donors (Lipinski definition) is 3. The second-order valence-corrected chi connectivity index (χ2v) is 10.7. The molecule has 0 amide bonds. The van der Waals surface area contributed by atoms with Gasteiger partial charge in [-0.3, -0.25) is 14.4 Å². The van der Waals surface area contributed by atoms with Crippen LogP contribution in [0, 0.1) is 22.7 Å². The van der Waals surface area contributed by atoms with E-state index in [4.69, 9.17) is 4.74 Å². The smallest absolute Gasteiger partial charge is 0.192 e. The lowest BCUT2D eigenvalue weighted by Gasteiger charge is -2.63. The van der Waals surface area contributed by atoms with Gasteiger partial charge in [-0.25, -0.2) is 4.39 Å². The van der Waals surface area contributed by atoms with Crippen molar-refractivity contribution in [3.8, 4) is 0 Å². The Morgan fingerprint density at radius 1 is 1.25 bits per heavy atom. The molecule has 8 atom stereocenters. The molecular formula is C24H33FO7. The number of carbonyl (C=O) groups excluding carboxylic acids is 3. The molecule has 3 saturated carbocycles. The highest BCUT2D eigenvalue weighted by Gasteiger charge is 2.76. The molecule has 8 heteroatoms. The SMILES string of the molecule is CC(=O)COC1C[C@H]2[C@@H]3CCC4=CC(=O)CC[C@]4(C)[C@@]3(F)C(O)C[C@]2(C)[C@@]1(O)C(=O)CO. The lowest BCUT2D eigenvalue weighted by Crippen LogP contribution is -2.70. The maximum absolute atomic E-state index is 17.1. The molecule has 0 spiro atoms. The van der Waals surface area contributed by atoms with Crippen LogP contribution in [-0.4, -0.2) is 69.4 Å². The lowest BCUT2D eigenvalue weighted by atomic mass is 9.44. The Balaban J connectivity index is 1.80. The third-order valence-electron chi connectivity index (χ3n) is 9.29. The fourth-order valence-electron chi connectivity index (χ4n) is 7.59. The Hall–Kier alpha value is -1.48. The maximum Gasteiger partial charge on any atom is 0.192 e. The van der Waals surface area contributed by atoms with Gasteiger partial charge in [-0.15, -0.1) is 0 Å². The van der Waals surface area contributed by atoms with E-state index >= 15 is 4.39 Å². The number of carbonyl (C=O) groups is 3. The van der Waals surface area contributed by atoms with Crippen molar-refractivity contribution in [1.29, 1.82) is 0 Å². The third kappa shape index (κ3) is 2.82. The average Bonchev–Trinajstić information content (AvgIpc) is 2.95. The molecule has 3 fully saturated rings. The van der Waals surface area contributed by atoms with Crippen LogP contribution in [0.15, 0.2) is 11.6 Å². The van der Waals surface area contributed by atoms with Crippen molar-refractivity contribution >= 4 is 17.3 Å². The summed E-state index contributed by atoms with van der Waals surface area (Å²) in [7, 11) is 0. The molecule has 0 aromatic heterocycles. The molecule has 0 aromatic rings. The van der Waals surface area contributed by atoms with Gasteiger partial charge in [0.2, 0.25) is 0 Å². The summed E-state index contributed by atoms with van der Waals surface area (Å²) in [4.78, 5) is 36.4. The van der Waals surface area contributed by atoms with Gasteiger partial charge >= 0.3 is 0 Å². The van der Waals surface area contributed by atoms with Crippen LogP contribution in [0.2, 0.25) is 0 Å². The summed E-state index contributed by atoms with van der Waals surface area (Å²) in [6, 6.07) is 0. The Labute approximate surface area is 187 Å². The van der Waals surface area contributed by atoms with Crippen LogP contribution < -0.4 is 0 Å². The molecule has 0 aliphatic heterocycles. The summed E-state index contributed by atoms with van der Waals surface area (Å²) in [5.74, 6) is -2.34. The fraction of sp³-hybridized carbons (Fsp3) is 0.792. The van der Waals surface area contributed by atoms with E-state index in [1.807, 2.05) is 0 Å². The van der Waals surface area contributed by atoms with E-state index in [2.05, 4.69) is 0 Å². The summed E-state index contributed by atoms with van der Waals surface area (Å²) in [5, 5.41) is 32.6. The van der Waals surface area contributed by atoms with Crippen LogP contribution in [-0.2, 0) is 19.1 Å². The second-order valence-electron chi connectivity index (χ2n) is 10.7. The summed E-state index contributed by atoms with van der Waals surface area (Å²) in [5.41, 5.74) is -5.71. The molecule has 0 bridgehead atoms. The summed E-state index contributed by atoms with van der Waals surface area (Å²) >= 11 is 0. The van der Waals surface area contributed by atoms with Gasteiger partial charge in [-0.1, -0.05) is 19.4 Å². The van der Waals surface area contributed by atoms with Crippen molar-refractivity contribution in [2.75, 3.05) is 13.2 Å². The maximum atomic E-state index is 17.1. The fourth-order valence-corrected chi connectivity index (χ4v) is 7.59. The molecule has 4 aliphatic rings. The van der Waals surface area contributed by atoms with Crippen LogP contribution >= 0.6 is 0 Å². The molecule has 0 aromatic carbocycles.